The van der Waals surface area contributed by atoms with E-state index in [1.54, 1.807) is 11.8 Å². The van der Waals surface area contributed by atoms with Gasteiger partial charge in [0, 0.05) is 19.1 Å². The lowest BCUT2D eigenvalue weighted by atomic mass is 9.97. The highest BCUT2D eigenvalue weighted by Crippen LogP contribution is 2.20. The van der Waals surface area contributed by atoms with Gasteiger partial charge >= 0.3 is 0 Å². The summed E-state index contributed by atoms with van der Waals surface area (Å²) < 4.78 is 5.35. The van der Waals surface area contributed by atoms with E-state index in [4.69, 9.17) is 4.74 Å². The SMILES string of the molecule is CC(C)CC1NC(=O)C(C)N(CC2CCOC2)C1=O. The number of rotatable bonds is 4. The van der Waals surface area contributed by atoms with Crippen LogP contribution in [0.3, 0.4) is 0 Å². The number of amides is 2. The third kappa shape index (κ3) is 3.26. The maximum absolute atomic E-state index is 12.5. The molecule has 5 nitrogen and oxygen atoms in total. The number of nitrogens with zero attached hydrogens (tertiary/aromatic N) is 1. The predicted octanol–water partition coefficient (Wildman–Crippen LogP) is 0.784. The van der Waals surface area contributed by atoms with E-state index >= 15 is 0 Å². The first-order valence-corrected chi connectivity index (χ1v) is 7.17. The van der Waals surface area contributed by atoms with Crippen molar-refractivity contribution in [1.82, 2.24) is 10.2 Å². The Labute approximate surface area is 114 Å². The molecule has 0 radical (unpaired) electrons. The summed E-state index contributed by atoms with van der Waals surface area (Å²) in [5.74, 6) is 0.785. The zero-order valence-electron chi connectivity index (χ0n) is 12.0. The summed E-state index contributed by atoms with van der Waals surface area (Å²) in [7, 11) is 0. The van der Waals surface area contributed by atoms with Crippen molar-refractivity contribution in [3.05, 3.63) is 0 Å². The van der Waals surface area contributed by atoms with Gasteiger partial charge in [0.2, 0.25) is 11.8 Å². The Morgan fingerprint density at radius 3 is 2.74 bits per heavy atom. The Morgan fingerprint density at radius 1 is 1.42 bits per heavy atom. The molecule has 2 aliphatic heterocycles. The summed E-state index contributed by atoms with van der Waals surface area (Å²) in [5, 5.41) is 2.84. The normalized spacial score (nSPS) is 32.0. The quantitative estimate of drug-likeness (QED) is 0.820. The summed E-state index contributed by atoms with van der Waals surface area (Å²) in [6, 6.07) is -0.720. The van der Waals surface area contributed by atoms with Crippen molar-refractivity contribution in [2.75, 3.05) is 19.8 Å². The molecule has 0 bridgehead atoms. The van der Waals surface area contributed by atoms with Gasteiger partial charge in [0.1, 0.15) is 12.1 Å². The molecule has 0 spiro atoms. The van der Waals surface area contributed by atoms with Gasteiger partial charge in [-0.1, -0.05) is 13.8 Å². The smallest absolute Gasteiger partial charge is 0.245 e. The molecule has 0 aromatic carbocycles. The van der Waals surface area contributed by atoms with Gasteiger partial charge in [0.15, 0.2) is 0 Å². The third-order valence-electron chi connectivity index (χ3n) is 3.93. The van der Waals surface area contributed by atoms with Crippen LogP contribution in [0.15, 0.2) is 0 Å². The molecule has 2 heterocycles. The minimum atomic E-state index is -0.364. The van der Waals surface area contributed by atoms with Crippen molar-refractivity contribution >= 4 is 11.8 Å². The van der Waals surface area contributed by atoms with E-state index in [2.05, 4.69) is 19.2 Å². The standard InChI is InChI=1S/C14H24N2O3/c1-9(2)6-12-14(18)16(10(3)13(17)15-12)7-11-4-5-19-8-11/h9-12H,4-8H2,1-3H3,(H,15,17). The van der Waals surface area contributed by atoms with Crippen LogP contribution in [0, 0.1) is 11.8 Å². The van der Waals surface area contributed by atoms with Crippen molar-refractivity contribution < 1.29 is 14.3 Å². The number of hydrogen-bond donors (Lipinski definition) is 1. The molecule has 108 valence electrons. The van der Waals surface area contributed by atoms with Crippen LogP contribution in [0.1, 0.15) is 33.6 Å². The van der Waals surface area contributed by atoms with E-state index in [-0.39, 0.29) is 23.9 Å². The molecule has 0 saturated carbocycles. The number of hydrogen-bond acceptors (Lipinski definition) is 3. The number of ether oxygens (including phenoxy) is 1. The average molecular weight is 268 g/mol. The molecule has 2 saturated heterocycles. The molecule has 1 N–H and O–H groups in total. The second-order valence-electron chi connectivity index (χ2n) is 6.09. The van der Waals surface area contributed by atoms with E-state index in [1.165, 1.54) is 0 Å². The average Bonchev–Trinajstić information content (AvgIpc) is 2.84. The van der Waals surface area contributed by atoms with Crippen LogP contribution >= 0.6 is 0 Å². The fraction of sp³-hybridized carbons (Fsp3) is 0.857. The van der Waals surface area contributed by atoms with Crippen molar-refractivity contribution in [3.63, 3.8) is 0 Å². The molecule has 3 unspecified atom stereocenters. The predicted molar refractivity (Wildman–Crippen MR) is 71.5 cm³/mol. The highest BCUT2D eigenvalue weighted by atomic mass is 16.5. The third-order valence-corrected chi connectivity index (χ3v) is 3.93. The number of piperazine rings is 1. The molecule has 2 fully saturated rings. The molecule has 0 aliphatic carbocycles. The lowest BCUT2D eigenvalue weighted by Crippen LogP contribution is -2.63. The van der Waals surface area contributed by atoms with E-state index in [0.29, 0.717) is 31.4 Å². The first-order valence-electron chi connectivity index (χ1n) is 7.17. The summed E-state index contributed by atoms with van der Waals surface area (Å²) >= 11 is 0. The number of carbonyl (C=O) groups is 2. The summed E-state index contributed by atoms with van der Waals surface area (Å²) in [6.07, 6.45) is 1.68. The van der Waals surface area contributed by atoms with Crippen molar-refractivity contribution in [2.24, 2.45) is 11.8 Å². The molecule has 5 heteroatoms. The Hall–Kier alpha value is -1.10. The minimum absolute atomic E-state index is 0.0378. The lowest BCUT2D eigenvalue weighted by Gasteiger charge is -2.39. The van der Waals surface area contributed by atoms with Crippen LogP contribution in [0.4, 0.5) is 0 Å². The molecule has 2 amide bonds. The highest BCUT2D eigenvalue weighted by molar-refractivity contribution is 5.96. The van der Waals surface area contributed by atoms with Gasteiger partial charge in [0.05, 0.1) is 6.61 Å². The topological polar surface area (TPSA) is 58.6 Å². The second kappa shape index (κ2) is 5.90. The highest BCUT2D eigenvalue weighted by Gasteiger charge is 2.39. The molecular weight excluding hydrogens is 244 g/mol. The van der Waals surface area contributed by atoms with E-state index in [9.17, 15) is 9.59 Å². The lowest BCUT2D eigenvalue weighted by molar-refractivity contribution is -0.149. The number of carbonyl (C=O) groups excluding carboxylic acids is 2. The van der Waals surface area contributed by atoms with Gasteiger partial charge in [-0.2, -0.15) is 0 Å². The zero-order valence-corrected chi connectivity index (χ0v) is 12.0. The van der Waals surface area contributed by atoms with Crippen molar-refractivity contribution in [1.29, 1.82) is 0 Å². The zero-order chi connectivity index (χ0) is 14.0. The van der Waals surface area contributed by atoms with E-state index in [0.717, 1.165) is 13.0 Å². The van der Waals surface area contributed by atoms with Gasteiger partial charge in [-0.3, -0.25) is 9.59 Å². The van der Waals surface area contributed by atoms with Gasteiger partial charge < -0.3 is 15.0 Å². The maximum atomic E-state index is 12.5. The molecule has 2 aliphatic rings. The van der Waals surface area contributed by atoms with Crippen LogP contribution in [-0.2, 0) is 14.3 Å². The monoisotopic (exact) mass is 268 g/mol. The largest absolute Gasteiger partial charge is 0.381 e. The van der Waals surface area contributed by atoms with Gasteiger partial charge in [0.25, 0.3) is 0 Å². The van der Waals surface area contributed by atoms with E-state index < -0.39 is 0 Å². The Balaban J connectivity index is 2.04. The Morgan fingerprint density at radius 2 is 2.16 bits per heavy atom. The van der Waals surface area contributed by atoms with Crippen LogP contribution in [0.25, 0.3) is 0 Å². The van der Waals surface area contributed by atoms with Crippen molar-refractivity contribution in [3.8, 4) is 0 Å². The summed E-state index contributed by atoms with van der Waals surface area (Å²) in [5.41, 5.74) is 0. The molecule has 2 rings (SSSR count). The molecule has 19 heavy (non-hydrogen) atoms. The van der Waals surface area contributed by atoms with Crippen LogP contribution in [0.2, 0.25) is 0 Å². The second-order valence-corrected chi connectivity index (χ2v) is 6.09. The fourth-order valence-electron chi connectivity index (χ4n) is 2.77. The Kier molecular flexibility index (Phi) is 4.45. The number of nitrogens with one attached hydrogen (secondary N) is 1. The molecule has 0 aromatic rings. The van der Waals surface area contributed by atoms with Crippen molar-refractivity contribution in [2.45, 2.75) is 45.7 Å². The Bertz CT molecular complexity index is 351. The first-order chi connectivity index (χ1) is 8.99. The van der Waals surface area contributed by atoms with Gasteiger partial charge in [-0.25, -0.2) is 0 Å². The first kappa shape index (κ1) is 14.3. The van der Waals surface area contributed by atoms with Gasteiger partial charge in [-0.15, -0.1) is 0 Å². The van der Waals surface area contributed by atoms with Gasteiger partial charge in [-0.05, 0) is 25.7 Å². The van der Waals surface area contributed by atoms with Crippen LogP contribution < -0.4 is 5.32 Å². The summed E-state index contributed by atoms with van der Waals surface area (Å²) in [6.45, 7) is 8.03. The fourth-order valence-corrected chi connectivity index (χ4v) is 2.77. The minimum Gasteiger partial charge on any atom is -0.381 e. The molecule has 3 atom stereocenters. The molecule has 0 aromatic heterocycles. The molecular formula is C14H24N2O3. The van der Waals surface area contributed by atoms with Crippen LogP contribution in [0.5, 0.6) is 0 Å². The van der Waals surface area contributed by atoms with E-state index in [1.807, 2.05) is 0 Å². The van der Waals surface area contributed by atoms with Crippen LogP contribution in [-0.4, -0.2) is 48.6 Å². The maximum Gasteiger partial charge on any atom is 0.245 e. The summed E-state index contributed by atoms with van der Waals surface area (Å²) in [4.78, 5) is 26.2.